The number of hydrogen-bond acceptors (Lipinski definition) is 3. The van der Waals surface area contributed by atoms with Crippen molar-refractivity contribution in [1.29, 1.82) is 0 Å². The lowest BCUT2D eigenvalue weighted by atomic mass is 10.00. The maximum absolute atomic E-state index is 13.0. The van der Waals surface area contributed by atoms with E-state index in [1.165, 1.54) is 24.3 Å². The average Bonchev–Trinajstić information content (AvgIpc) is 2.56. The van der Waals surface area contributed by atoms with E-state index < -0.39 is 0 Å². The number of pyridine rings is 1. The predicted octanol–water partition coefficient (Wildman–Crippen LogP) is 3.71. The van der Waals surface area contributed by atoms with Gasteiger partial charge in [0.1, 0.15) is 23.3 Å². The van der Waals surface area contributed by atoms with E-state index in [1.54, 1.807) is 24.3 Å². The Balaban J connectivity index is 1.87. The number of anilines is 2. The molecule has 5 heteroatoms. The highest BCUT2D eigenvalue weighted by molar-refractivity contribution is 5.54. The van der Waals surface area contributed by atoms with Crippen molar-refractivity contribution >= 4 is 11.6 Å². The first-order valence-corrected chi connectivity index (χ1v) is 7.54. The van der Waals surface area contributed by atoms with E-state index in [2.05, 4.69) is 4.98 Å². The van der Waals surface area contributed by atoms with E-state index in [9.17, 15) is 8.78 Å². The van der Waals surface area contributed by atoms with E-state index >= 15 is 0 Å². The van der Waals surface area contributed by atoms with Crippen LogP contribution in [-0.4, -0.2) is 4.98 Å². The van der Waals surface area contributed by atoms with Crippen LogP contribution in [0.25, 0.3) is 0 Å². The first-order chi connectivity index (χ1) is 11.5. The topological polar surface area (TPSA) is 64.9 Å². The van der Waals surface area contributed by atoms with Gasteiger partial charge in [-0.2, -0.15) is 0 Å². The van der Waals surface area contributed by atoms with Gasteiger partial charge in [-0.1, -0.05) is 24.3 Å². The van der Waals surface area contributed by atoms with Crippen LogP contribution >= 0.6 is 0 Å². The van der Waals surface area contributed by atoms with Gasteiger partial charge in [-0.05, 0) is 52.6 Å². The van der Waals surface area contributed by atoms with E-state index in [0.29, 0.717) is 24.5 Å². The lowest BCUT2D eigenvalue weighted by molar-refractivity contribution is 0.627. The highest BCUT2D eigenvalue weighted by Crippen LogP contribution is 2.23. The van der Waals surface area contributed by atoms with E-state index in [-0.39, 0.29) is 11.6 Å². The number of nitrogens with two attached hydrogens (primary N) is 2. The van der Waals surface area contributed by atoms with Crippen molar-refractivity contribution in [1.82, 2.24) is 4.98 Å². The predicted molar refractivity (Wildman–Crippen MR) is 91.5 cm³/mol. The molecule has 0 unspecified atom stereocenters. The van der Waals surface area contributed by atoms with Gasteiger partial charge in [0.15, 0.2) is 0 Å². The summed E-state index contributed by atoms with van der Waals surface area (Å²) in [5, 5.41) is 0. The van der Waals surface area contributed by atoms with Gasteiger partial charge in [0.25, 0.3) is 0 Å². The second-order valence-electron chi connectivity index (χ2n) is 5.68. The number of benzene rings is 2. The Bertz CT molecular complexity index is 775. The number of halogens is 2. The summed E-state index contributed by atoms with van der Waals surface area (Å²) in [6, 6.07) is 14.4. The van der Waals surface area contributed by atoms with Gasteiger partial charge in [0, 0.05) is 12.8 Å². The van der Waals surface area contributed by atoms with Gasteiger partial charge in [0.05, 0.1) is 0 Å². The van der Waals surface area contributed by atoms with Gasteiger partial charge in [-0.25, -0.2) is 13.8 Å². The Morgan fingerprint density at radius 3 is 1.42 bits per heavy atom. The molecular formula is C19H17F2N3. The monoisotopic (exact) mass is 325 g/mol. The van der Waals surface area contributed by atoms with Crippen molar-refractivity contribution in [3.63, 3.8) is 0 Å². The summed E-state index contributed by atoms with van der Waals surface area (Å²) in [5.41, 5.74) is 15.5. The van der Waals surface area contributed by atoms with Gasteiger partial charge in [-0.15, -0.1) is 0 Å². The summed E-state index contributed by atoms with van der Waals surface area (Å²) in [6.45, 7) is 0. The minimum absolute atomic E-state index is 0.279. The van der Waals surface area contributed by atoms with Crippen molar-refractivity contribution in [2.24, 2.45) is 0 Å². The van der Waals surface area contributed by atoms with Crippen molar-refractivity contribution in [2.45, 2.75) is 12.8 Å². The number of nitrogen functional groups attached to an aromatic ring is 2. The Kier molecular flexibility index (Phi) is 4.42. The SMILES string of the molecule is Nc1nc(N)c(Cc2ccc(F)cc2)cc1Cc1ccc(F)cc1. The highest BCUT2D eigenvalue weighted by atomic mass is 19.1. The fraction of sp³-hybridized carbons (Fsp3) is 0.105. The number of nitrogens with zero attached hydrogens (tertiary/aromatic N) is 1. The van der Waals surface area contributed by atoms with Crippen LogP contribution in [-0.2, 0) is 12.8 Å². The van der Waals surface area contributed by atoms with Crippen LogP contribution in [0, 0.1) is 11.6 Å². The third-order valence-corrected chi connectivity index (χ3v) is 3.86. The summed E-state index contributed by atoms with van der Waals surface area (Å²) < 4.78 is 26.0. The van der Waals surface area contributed by atoms with Crippen LogP contribution in [0.2, 0.25) is 0 Å². The summed E-state index contributed by atoms with van der Waals surface area (Å²) in [6.07, 6.45) is 1.08. The lowest BCUT2D eigenvalue weighted by Crippen LogP contribution is -2.06. The van der Waals surface area contributed by atoms with E-state index in [1.807, 2.05) is 6.07 Å². The molecule has 0 fully saturated rings. The van der Waals surface area contributed by atoms with Crippen LogP contribution in [0.3, 0.4) is 0 Å². The molecule has 3 nitrogen and oxygen atoms in total. The second kappa shape index (κ2) is 6.66. The first kappa shape index (κ1) is 15.9. The van der Waals surface area contributed by atoms with Crippen molar-refractivity contribution in [3.8, 4) is 0 Å². The molecule has 1 aromatic heterocycles. The fourth-order valence-electron chi connectivity index (χ4n) is 2.56. The zero-order chi connectivity index (χ0) is 17.1. The fourth-order valence-corrected chi connectivity index (χ4v) is 2.56. The Morgan fingerprint density at radius 1 is 0.667 bits per heavy atom. The molecule has 24 heavy (non-hydrogen) atoms. The molecule has 0 spiro atoms. The maximum Gasteiger partial charge on any atom is 0.129 e. The highest BCUT2D eigenvalue weighted by Gasteiger charge is 2.10. The zero-order valence-electron chi connectivity index (χ0n) is 13.0. The minimum atomic E-state index is -0.279. The van der Waals surface area contributed by atoms with Crippen molar-refractivity contribution in [3.05, 3.63) is 88.5 Å². The van der Waals surface area contributed by atoms with E-state index in [0.717, 1.165) is 22.3 Å². The van der Waals surface area contributed by atoms with Gasteiger partial charge >= 0.3 is 0 Å². The van der Waals surface area contributed by atoms with Gasteiger partial charge in [-0.3, -0.25) is 0 Å². The largest absolute Gasteiger partial charge is 0.383 e. The molecule has 0 saturated carbocycles. The molecule has 0 aliphatic carbocycles. The van der Waals surface area contributed by atoms with Crippen LogP contribution in [0.15, 0.2) is 54.6 Å². The molecule has 0 amide bonds. The van der Waals surface area contributed by atoms with Crippen LogP contribution < -0.4 is 11.5 Å². The van der Waals surface area contributed by atoms with Gasteiger partial charge < -0.3 is 11.5 Å². The molecular weight excluding hydrogens is 308 g/mol. The molecule has 122 valence electrons. The second-order valence-corrected chi connectivity index (χ2v) is 5.68. The number of rotatable bonds is 4. The molecule has 0 atom stereocenters. The Hall–Kier alpha value is -2.95. The normalized spacial score (nSPS) is 10.8. The van der Waals surface area contributed by atoms with Crippen LogP contribution in [0.1, 0.15) is 22.3 Å². The Labute approximate surface area is 139 Å². The smallest absolute Gasteiger partial charge is 0.129 e. The summed E-state index contributed by atoms with van der Waals surface area (Å²) >= 11 is 0. The Morgan fingerprint density at radius 2 is 1.04 bits per heavy atom. The molecule has 0 bridgehead atoms. The summed E-state index contributed by atoms with van der Waals surface area (Å²) in [5.74, 6) is 0.165. The summed E-state index contributed by atoms with van der Waals surface area (Å²) in [7, 11) is 0. The van der Waals surface area contributed by atoms with Crippen LogP contribution in [0.4, 0.5) is 20.4 Å². The lowest BCUT2D eigenvalue weighted by Gasteiger charge is -2.11. The molecule has 1 heterocycles. The number of aromatic nitrogens is 1. The third kappa shape index (κ3) is 3.68. The quantitative estimate of drug-likeness (QED) is 0.768. The zero-order valence-corrected chi connectivity index (χ0v) is 13.0. The molecule has 0 radical (unpaired) electrons. The minimum Gasteiger partial charge on any atom is -0.383 e. The van der Waals surface area contributed by atoms with Crippen molar-refractivity contribution in [2.75, 3.05) is 11.5 Å². The van der Waals surface area contributed by atoms with Crippen LogP contribution in [0.5, 0.6) is 0 Å². The standard InChI is InChI=1S/C19H17F2N3/c20-16-5-1-12(2-6-16)9-14-11-15(19(23)24-18(14)22)10-13-3-7-17(21)8-4-13/h1-8,11H,9-10H2,(H4,22,23,24). The van der Waals surface area contributed by atoms with E-state index in [4.69, 9.17) is 11.5 Å². The van der Waals surface area contributed by atoms with Crippen molar-refractivity contribution < 1.29 is 8.78 Å². The summed E-state index contributed by atoms with van der Waals surface area (Å²) in [4.78, 5) is 4.21. The third-order valence-electron chi connectivity index (χ3n) is 3.86. The molecule has 0 saturated heterocycles. The molecule has 0 aliphatic heterocycles. The molecule has 4 N–H and O–H groups in total. The molecule has 0 aliphatic rings. The van der Waals surface area contributed by atoms with Gasteiger partial charge in [0.2, 0.25) is 0 Å². The molecule has 2 aromatic carbocycles. The maximum atomic E-state index is 13.0. The first-order valence-electron chi connectivity index (χ1n) is 7.54. The average molecular weight is 325 g/mol. The molecule has 3 aromatic rings. The molecule has 3 rings (SSSR count). The number of hydrogen-bond donors (Lipinski definition) is 2.